The molecule has 0 unspecified atom stereocenters. The SMILES string of the molecule is CC.Cc1cc(-c2nnc(CO)o2)cnc1C1=CCN(C(=O)Nc2ccc(C(F)(F)F)c(Cl)c2)CC1. The summed E-state index contributed by atoms with van der Waals surface area (Å²) in [6.07, 6.45) is -0.533. The molecule has 3 heterocycles. The number of amides is 2. The number of carbonyl (C=O) groups is 1. The Morgan fingerprint density at radius 2 is 2.00 bits per heavy atom. The number of urea groups is 1. The van der Waals surface area contributed by atoms with Gasteiger partial charge < -0.3 is 19.7 Å². The largest absolute Gasteiger partial charge is 0.418 e. The molecule has 2 amide bonds. The number of carbonyl (C=O) groups excluding carboxylic acids is 1. The smallest absolute Gasteiger partial charge is 0.417 e. The first-order chi connectivity index (χ1) is 17.2. The monoisotopic (exact) mass is 523 g/mol. The van der Waals surface area contributed by atoms with Crippen molar-refractivity contribution in [2.75, 3.05) is 18.4 Å². The van der Waals surface area contributed by atoms with Crippen LogP contribution in [0.2, 0.25) is 5.02 Å². The summed E-state index contributed by atoms with van der Waals surface area (Å²) < 4.78 is 43.9. The first-order valence-electron chi connectivity index (χ1n) is 11.2. The third kappa shape index (κ3) is 6.21. The minimum absolute atomic E-state index is 0.114. The van der Waals surface area contributed by atoms with Crippen molar-refractivity contribution in [1.82, 2.24) is 20.1 Å². The third-order valence-electron chi connectivity index (χ3n) is 5.25. The van der Waals surface area contributed by atoms with Crippen LogP contribution in [0.1, 0.15) is 43.0 Å². The van der Waals surface area contributed by atoms with Crippen LogP contribution in [0.15, 0.2) is 41.0 Å². The second-order valence-corrected chi connectivity index (χ2v) is 8.00. The zero-order valence-electron chi connectivity index (χ0n) is 19.9. The van der Waals surface area contributed by atoms with Crippen molar-refractivity contribution in [3.8, 4) is 11.5 Å². The zero-order valence-corrected chi connectivity index (χ0v) is 20.6. The predicted octanol–water partition coefficient (Wildman–Crippen LogP) is 5.95. The number of hydrogen-bond acceptors (Lipinski definition) is 6. The lowest BCUT2D eigenvalue weighted by molar-refractivity contribution is -0.137. The van der Waals surface area contributed by atoms with E-state index in [4.69, 9.17) is 21.1 Å². The minimum Gasteiger partial charge on any atom is -0.418 e. The summed E-state index contributed by atoms with van der Waals surface area (Å²) in [6, 6.07) is 4.49. The predicted molar refractivity (Wildman–Crippen MR) is 129 cm³/mol. The van der Waals surface area contributed by atoms with Gasteiger partial charge in [-0.05, 0) is 48.7 Å². The van der Waals surface area contributed by atoms with E-state index in [2.05, 4.69) is 20.5 Å². The fourth-order valence-electron chi connectivity index (χ4n) is 3.56. The Labute approximate surface area is 210 Å². The van der Waals surface area contributed by atoms with Gasteiger partial charge in [0.1, 0.15) is 6.61 Å². The highest BCUT2D eigenvalue weighted by molar-refractivity contribution is 6.31. The second-order valence-electron chi connectivity index (χ2n) is 7.60. The summed E-state index contributed by atoms with van der Waals surface area (Å²) in [5.74, 6) is 0.374. The number of pyridine rings is 1. The molecule has 0 atom stereocenters. The van der Waals surface area contributed by atoms with Crippen molar-refractivity contribution in [1.29, 1.82) is 0 Å². The van der Waals surface area contributed by atoms with Crippen LogP contribution in [0.3, 0.4) is 0 Å². The fourth-order valence-corrected chi connectivity index (χ4v) is 3.84. The van der Waals surface area contributed by atoms with Gasteiger partial charge in [0.15, 0.2) is 0 Å². The Kier molecular flexibility index (Phi) is 8.70. The summed E-state index contributed by atoms with van der Waals surface area (Å²) in [6.45, 7) is 6.25. The van der Waals surface area contributed by atoms with E-state index in [1.165, 1.54) is 11.0 Å². The molecule has 36 heavy (non-hydrogen) atoms. The number of hydrogen-bond donors (Lipinski definition) is 2. The number of nitrogens with one attached hydrogen (secondary N) is 1. The van der Waals surface area contributed by atoms with E-state index in [-0.39, 0.29) is 24.1 Å². The van der Waals surface area contributed by atoms with E-state index in [0.717, 1.165) is 29.0 Å². The van der Waals surface area contributed by atoms with Crippen molar-refractivity contribution < 1.29 is 27.5 Å². The number of anilines is 1. The summed E-state index contributed by atoms with van der Waals surface area (Å²) in [5.41, 5.74) is 2.47. The highest BCUT2D eigenvalue weighted by atomic mass is 35.5. The van der Waals surface area contributed by atoms with E-state index in [1.807, 2.05) is 32.9 Å². The molecular formula is C24H25ClF3N5O3. The number of rotatable bonds is 4. The van der Waals surface area contributed by atoms with Crippen molar-refractivity contribution in [2.24, 2.45) is 0 Å². The number of halogens is 4. The molecule has 0 fully saturated rings. The zero-order chi connectivity index (χ0) is 26.5. The van der Waals surface area contributed by atoms with E-state index in [1.54, 1.807) is 6.20 Å². The quantitative estimate of drug-likeness (QED) is 0.438. The molecule has 1 aliphatic heterocycles. The molecule has 1 aliphatic rings. The summed E-state index contributed by atoms with van der Waals surface area (Å²) >= 11 is 5.72. The summed E-state index contributed by atoms with van der Waals surface area (Å²) in [4.78, 5) is 18.6. The average molecular weight is 524 g/mol. The Morgan fingerprint density at radius 3 is 2.56 bits per heavy atom. The Hall–Kier alpha value is -3.44. The molecule has 12 heteroatoms. The van der Waals surface area contributed by atoms with Gasteiger partial charge in [0.2, 0.25) is 11.8 Å². The molecule has 0 saturated carbocycles. The number of benzene rings is 1. The highest BCUT2D eigenvalue weighted by Crippen LogP contribution is 2.36. The number of aromatic nitrogens is 3. The Balaban J connectivity index is 0.00000176. The molecular weight excluding hydrogens is 499 g/mol. The highest BCUT2D eigenvalue weighted by Gasteiger charge is 2.33. The normalized spacial score (nSPS) is 13.6. The van der Waals surface area contributed by atoms with E-state index in [9.17, 15) is 18.0 Å². The Morgan fingerprint density at radius 1 is 1.25 bits per heavy atom. The van der Waals surface area contributed by atoms with Gasteiger partial charge in [-0.25, -0.2) is 4.79 Å². The molecule has 0 radical (unpaired) electrons. The van der Waals surface area contributed by atoms with Gasteiger partial charge in [-0.3, -0.25) is 4.98 Å². The van der Waals surface area contributed by atoms with Crippen LogP contribution >= 0.6 is 11.6 Å². The van der Waals surface area contributed by atoms with Crippen LogP contribution in [0, 0.1) is 6.92 Å². The maximum atomic E-state index is 12.9. The molecule has 192 valence electrons. The number of nitrogens with zero attached hydrogens (tertiary/aromatic N) is 4. The van der Waals surface area contributed by atoms with Crippen molar-refractivity contribution >= 4 is 28.9 Å². The number of aliphatic hydroxyl groups is 1. The molecule has 0 aliphatic carbocycles. The van der Waals surface area contributed by atoms with Crippen LogP contribution in [-0.2, 0) is 12.8 Å². The topological polar surface area (TPSA) is 104 Å². The van der Waals surface area contributed by atoms with Crippen LogP contribution in [0.25, 0.3) is 17.0 Å². The molecule has 8 nitrogen and oxygen atoms in total. The molecule has 1 aromatic carbocycles. The van der Waals surface area contributed by atoms with Gasteiger partial charge in [-0.1, -0.05) is 31.5 Å². The average Bonchev–Trinajstić information content (AvgIpc) is 3.34. The van der Waals surface area contributed by atoms with Crippen LogP contribution in [0.5, 0.6) is 0 Å². The van der Waals surface area contributed by atoms with E-state index < -0.39 is 22.8 Å². The molecule has 2 aromatic heterocycles. The second kappa shape index (κ2) is 11.5. The van der Waals surface area contributed by atoms with Gasteiger partial charge >= 0.3 is 12.2 Å². The molecule has 3 aromatic rings. The molecule has 0 bridgehead atoms. The van der Waals surface area contributed by atoms with Crippen LogP contribution in [-0.4, -0.2) is 44.3 Å². The fraction of sp³-hybridized carbons (Fsp3) is 0.333. The molecule has 4 rings (SSSR count). The molecule has 2 N–H and O–H groups in total. The lowest BCUT2D eigenvalue weighted by atomic mass is 10.00. The summed E-state index contributed by atoms with van der Waals surface area (Å²) in [7, 11) is 0. The van der Waals surface area contributed by atoms with Crippen molar-refractivity contribution in [2.45, 2.75) is 40.0 Å². The Bertz CT molecular complexity index is 1260. The maximum absolute atomic E-state index is 12.9. The third-order valence-corrected chi connectivity index (χ3v) is 5.57. The van der Waals surface area contributed by atoms with Gasteiger partial charge in [-0.15, -0.1) is 10.2 Å². The molecule has 0 spiro atoms. The van der Waals surface area contributed by atoms with Crippen LogP contribution in [0.4, 0.5) is 23.7 Å². The van der Waals surface area contributed by atoms with E-state index in [0.29, 0.717) is 25.1 Å². The van der Waals surface area contributed by atoms with Gasteiger partial charge in [0.25, 0.3) is 0 Å². The van der Waals surface area contributed by atoms with Crippen molar-refractivity contribution in [3.05, 3.63) is 64.3 Å². The molecule has 0 saturated heterocycles. The lowest BCUT2D eigenvalue weighted by Crippen LogP contribution is -2.38. The number of aliphatic hydroxyl groups excluding tert-OH is 1. The van der Waals surface area contributed by atoms with Gasteiger partial charge in [0.05, 0.1) is 21.8 Å². The summed E-state index contributed by atoms with van der Waals surface area (Å²) in [5, 5.41) is 18.8. The first kappa shape index (κ1) is 27.2. The number of alkyl halides is 3. The lowest BCUT2D eigenvalue weighted by Gasteiger charge is -2.27. The standard InChI is InChI=1S/C22H19ClF3N5O3.C2H6/c1-12-8-14(20-30-29-18(11-32)34-20)10-27-19(12)13-4-6-31(7-5-13)21(33)28-15-2-3-16(17(23)9-15)22(24,25)26;1-2/h2-4,8-10,32H,5-7,11H2,1H3,(H,28,33);1-2H3. The minimum atomic E-state index is -4.56. The van der Waals surface area contributed by atoms with Crippen LogP contribution < -0.4 is 5.32 Å². The van der Waals surface area contributed by atoms with Gasteiger partial charge in [0, 0.05) is 25.0 Å². The van der Waals surface area contributed by atoms with E-state index >= 15 is 0 Å². The first-order valence-corrected chi connectivity index (χ1v) is 11.6. The van der Waals surface area contributed by atoms with Crippen molar-refractivity contribution in [3.63, 3.8) is 0 Å². The number of aryl methyl sites for hydroxylation is 1. The van der Waals surface area contributed by atoms with Gasteiger partial charge in [-0.2, -0.15) is 13.2 Å². The maximum Gasteiger partial charge on any atom is 0.417 e.